The lowest BCUT2D eigenvalue weighted by atomic mass is 9.87. The van der Waals surface area contributed by atoms with Crippen LogP contribution in [-0.2, 0) is 14.6 Å². The van der Waals surface area contributed by atoms with Crippen molar-refractivity contribution < 1.29 is 13.2 Å². The van der Waals surface area contributed by atoms with Gasteiger partial charge in [0.05, 0.1) is 10.5 Å². The first kappa shape index (κ1) is 18.7. The predicted octanol–water partition coefficient (Wildman–Crippen LogP) is 2.15. The monoisotopic (exact) mass is 393 g/mol. The summed E-state index contributed by atoms with van der Waals surface area (Å²) in [5, 5.41) is 3.15. The van der Waals surface area contributed by atoms with E-state index in [0.29, 0.717) is 16.3 Å². The molecule has 0 saturated carbocycles. The smallest absolute Gasteiger partial charge is 0.257 e. The van der Waals surface area contributed by atoms with E-state index in [2.05, 4.69) is 15.3 Å². The van der Waals surface area contributed by atoms with Crippen molar-refractivity contribution in [2.24, 2.45) is 0 Å². The summed E-state index contributed by atoms with van der Waals surface area (Å²) in [4.78, 5) is 32.1. The number of hydrogen-bond donors (Lipinski definition) is 2. The van der Waals surface area contributed by atoms with Crippen LogP contribution in [0.4, 0.5) is 5.82 Å². The van der Waals surface area contributed by atoms with E-state index in [0.717, 1.165) is 18.4 Å². The molecule has 0 saturated heterocycles. The Hall–Kier alpha value is -2.13. The Kier molecular flexibility index (Phi) is 5.19. The minimum atomic E-state index is -3.31. The van der Waals surface area contributed by atoms with Crippen LogP contribution in [0.1, 0.15) is 36.8 Å². The predicted molar refractivity (Wildman–Crippen MR) is 101 cm³/mol. The van der Waals surface area contributed by atoms with Gasteiger partial charge in [0, 0.05) is 24.3 Å². The topological polar surface area (TPSA) is 109 Å². The molecule has 1 aliphatic heterocycles. The van der Waals surface area contributed by atoms with Crippen molar-refractivity contribution in [2.45, 2.75) is 35.7 Å². The van der Waals surface area contributed by atoms with Crippen molar-refractivity contribution in [3.05, 3.63) is 45.7 Å². The maximum Gasteiger partial charge on any atom is 0.257 e. The van der Waals surface area contributed by atoms with Crippen LogP contribution >= 0.6 is 11.8 Å². The van der Waals surface area contributed by atoms with Crippen molar-refractivity contribution in [1.29, 1.82) is 0 Å². The Bertz CT molecular complexity index is 998. The zero-order valence-corrected chi connectivity index (χ0v) is 16.0. The van der Waals surface area contributed by atoms with Gasteiger partial charge < -0.3 is 10.3 Å². The number of aromatic amines is 1. The summed E-state index contributed by atoms with van der Waals surface area (Å²) in [6.45, 7) is 2.03. The van der Waals surface area contributed by atoms with Gasteiger partial charge in [-0.1, -0.05) is 30.8 Å². The largest absolute Gasteiger partial charge is 0.310 e. The molecule has 9 heteroatoms. The molecule has 2 N–H and O–H groups in total. The van der Waals surface area contributed by atoms with E-state index in [-0.39, 0.29) is 28.6 Å². The summed E-state index contributed by atoms with van der Waals surface area (Å²) in [5.41, 5.74) is 0.818. The second-order valence-electron chi connectivity index (χ2n) is 6.13. The molecule has 0 aliphatic carbocycles. The van der Waals surface area contributed by atoms with Gasteiger partial charge in [-0.3, -0.25) is 9.59 Å². The van der Waals surface area contributed by atoms with Gasteiger partial charge in [0.1, 0.15) is 5.82 Å². The fraction of sp³-hybridized carbons (Fsp3) is 0.353. The fourth-order valence-corrected chi connectivity index (χ4v) is 4.20. The van der Waals surface area contributed by atoms with Crippen LogP contribution in [0, 0.1) is 0 Å². The number of rotatable bonds is 5. The van der Waals surface area contributed by atoms with E-state index in [1.165, 1.54) is 23.9 Å². The molecule has 2 heterocycles. The van der Waals surface area contributed by atoms with Gasteiger partial charge in [0.2, 0.25) is 5.91 Å². The molecular formula is C17H19N3O4S2. The number of amides is 1. The number of nitrogens with one attached hydrogen (secondary N) is 2. The molecule has 1 aromatic carbocycles. The molecule has 3 rings (SSSR count). The van der Waals surface area contributed by atoms with Crippen LogP contribution in [0.3, 0.4) is 0 Å². The summed E-state index contributed by atoms with van der Waals surface area (Å²) >= 11 is 1.43. The Morgan fingerprint density at radius 2 is 1.92 bits per heavy atom. The highest BCUT2D eigenvalue weighted by atomic mass is 32.2. The minimum Gasteiger partial charge on any atom is -0.310 e. The van der Waals surface area contributed by atoms with Crippen LogP contribution in [0.15, 0.2) is 39.1 Å². The molecule has 0 spiro atoms. The van der Waals surface area contributed by atoms with Gasteiger partial charge in [-0.2, -0.15) is 0 Å². The van der Waals surface area contributed by atoms with Crippen LogP contribution in [0.25, 0.3) is 0 Å². The van der Waals surface area contributed by atoms with Gasteiger partial charge in [0.25, 0.3) is 5.56 Å². The number of thioether (sulfide) groups is 1. The molecule has 1 atom stereocenters. The molecular weight excluding hydrogens is 374 g/mol. The number of H-pyrrole nitrogens is 1. The molecule has 2 aromatic rings. The molecule has 1 unspecified atom stereocenters. The Labute approximate surface area is 155 Å². The van der Waals surface area contributed by atoms with Crippen LogP contribution in [0.2, 0.25) is 0 Å². The third kappa shape index (κ3) is 3.83. The average molecular weight is 393 g/mol. The molecule has 1 amide bonds. The Morgan fingerprint density at radius 3 is 2.54 bits per heavy atom. The van der Waals surface area contributed by atoms with E-state index in [4.69, 9.17) is 0 Å². The summed E-state index contributed by atoms with van der Waals surface area (Å²) in [6.07, 6.45) is 2.18. The third-order valence-corrected chi connectivity index (χ3v) is 6.29. The number of anilines is 1. The lowest BCUT2D eigenvalue weighted by Crippen LogP contribution is -2.31. The van der Waals surface area contributed by atoms with Gasteiger partial charge in [-0.25, -0.2) is 13.4 Å². The minimum absolute atomic E-state index is 0.109. The first-order valence-corrected chi connectivity index (χ1v) is 11.0. The highest BCUT2D eigenvalue weighted by molar-refractivity contribution is 7.99. The first-order valence-electron chi connectivity index (χ1n) is 8.16. The first-order chi connectivity index (χ1) is 12.3. The SMILES string of the molecule is CCCSc1nc2c(c(=O)[nH]1)C(c1ccc(S(C)(=O)=O)cc1)CC(=O)N2. The normalized spacial score (nSPS) is 16.8. The number of hydrogen-bond acceptors (Lipinski definition) is 6. The number of sulfone groups is 1. The Morgan fingerprint density at radius 1 is 1.23 bits per heavy atom. The highest BCUT2D eigenvalue weighted by Gasteiger charge is 2.31. The number of carbonyl (C=O) groups is 1. The maximum atomic E-state index is 12.6. The molecule has 1 aromatic heterocycles. The van der Waals surface area contributed by atoms with Crippen molar-refractivity contribution in [3.8, 4) is 0 Å². The molecule has 26 heavy (non-hydrogen) atoms. The lowest BCUT2D eigenvalue weighted by Gasteiger charge is -2.24. The van der Waals surface area contributed by atoms with Crippen LogP contribution < -0.4 is 10.9 Å². The second-order valence-corrected chi connectivity index (χ2v) is 9.23. The number of nitrogens with zero attached hydrogens (tertiary/aromatic N) is 1. The quantitative estimate of drug-likeness (QED) is 0.595. The molecule has 0 bridgehead atoms. The molecule has 0 radical (unpaired) electrons. The van der Waals surface area contributed by atoms with Gasteiger partial charge >= 0.3 is 0 Å². The molecule has 0 fully saturated rings. The average Bonchev–Trinajstić information content (AvgIpc) is 2.58. The second kappa shape index (κ2) is 7.24. The molecule has 7 nitrogen and oxygen atoms in total. The van der Waals surface area contributed by atoms with E-state index in [9.17, 15) is 18.0 Å². The van der Waals surface area contributed by atoms with E-state index in [1.54, 1.807) is 12.1 Å². The van der Waals surface area contributed by atoms with E-state index < -0.39 is 15.8 Å². The zero-order chi connectivity index (χ0) is 18.9. The highest BCUT2D eigenvalue weighted by Crippen LogP contribution is 2.34. The van der Waals surface area contributed by atoms with Crippen LogP contribution in [0.5, 0.6) is 0 Å². The summed E-state index contributed by atoms with van der Waals surface area (Å²) in [6, 6.07) is 6.26. The lowest BCUT2D eigenvalue weighted by molar-refractivity contribution is -0.116. The standard InChI is InChI=1S/C17H19N3O4S2/c1-3-8-25-17-19-15-14(16(22)20-17)12(9-13(21)18-15)10-4-6-11(7-5-10)26(2,23)24/h4-7,12H,3,8-9H2,1-2H3,(H2,18,19,20,21,22). The van der Waals surface area contributed by atoms with Crippen molar-refractivity contribution in [1.82, 2.24) is 9.97 Å². The number of aromatic nitrogens is 2. The summed E-state index contributed by atoms with van der Waals surface area (Å²) in [7, 11) is -3.31. The third-order valence-electron chi connectivity index (χ3n) is 4.08. The van der Waals surface area contributed by atoms with Gasteiger partial charge in [0.15, 0.2) is 15.0 Å². The number of benzene rings is 1. The van der Waals surface area contributed by atoms with Gasteiger partial charge in [-0.05, 0) is 24.1 Å². The molecule has 1 aliphatic rings. The van der Waals surface area contributed by atoms with Crippen molar-refractivity contribution in [3.63, 3.8) is 0 Å². The van der Waals surface area contributed by atoms with Gasteiger partial charge in [-0.15, -0.1) is 0 Å². The summed E-state index contributed by atoms with van der Waals surface area (Å²) in [5.74, 6) is 0.403. The Balaban J connectivity index is 2.03. The van der Waals surface area contributed by atoms with Crippen molar-refractivity contribution in [2.75, 3.05) is 17.3 Å². The van der Waals surface area contributed by atoms with Crippen molar-refractivity contribution >= 4 is 33.3 Å². The summed E-state index contributed by atoms with van der Waals surface area (Å²) < 4.78 is 23.2. The van der Waals surface area contributed by atoms with Crippen LogP contribution in [-0.4, -0.2) is 36.3 Å². The number of carbonyl (C=O) groups excluding carboxylic acids is 1. The molecule has 138 valence electrons. The van der Waals surface area contributed by atoms with E-state index >= 15 is 0 Å². The fourth-order valence-electron chi connectivity index (χ4n) is 2.85. The zero-order valence-electron chi connectivity index (χ0n) is 14.4. The maximum absolute atomic E-state index is 12.6. The number of fused-ring (bicyclic) bond motifs is 1. The van der Waals surface area contributed by atoms with E-state index in [1.807, 2.05) is 6.92 Å².